The fourth-order valence-corrected chi connectivity index (χ4v) is 3.30. The number of hydrogen-bond acceptors (Lipinski definition) is 4. The molecule has 0 radical (unpaired) electrons. The van der Waals surface area contributed by atoms with Crippen LogP contribution in [0, 0.1) is 5.82 Å². The fraction of sp³-hybridized carbons (Fsp3) is 0.636. The molecule has 1 atom stereocenters. The monoisotopic (exact) mass is 550 g/mol. The van der Waals surface area contributed by atoms with Crippen LogP contribution < -0.4 is 20.7 Å². The Morgan fingerprint density at radius 2 is 1.81 bits per heavy atom. The molecule has 0 heterocycles. The lowest BCUT2D eigenvalue weighted by Gasteiger charge is -2.31. The van der Waals surface area contributed by atoms with Crippen LogP contribution >= 0.6 is 24.0 Å². The third-order valence-electron chi connectivity index (χ3n) is 4.70. The van der Waals surface area contributed by atoms with E-state index in [2.05, 4.69) is 20.9 Å². The molecule has 0 saturated heterocycles. The van der Waals surface area contributed by atoms with Crippen LogP contribution in [0.25, 0.3) is 0 Å². The average Bonchev–Trinajstić information content (AvgIpc) is 2.65. The Balaban J connectivity index is 0.00000480. The molecule has 0 bridgehead atoms. The predicted octanol–water partition coefficient (Wildman–Crippen LogP) is 4.21. The molecule has 0 spiro atoms. The van der Waals surface area contributed by atoms with E-state index in [1.165, 1.54) is 12.1 Å². The number of alkyl carbamates (subject to hydrolysis) is 1. The predicted molar refractivity (Wildman–Crippen MR) is 132 cm³/mol. The van der Waals surface area contributed by atoms with Gasteiger partial charge in [-0.05, 0) is 65.5 Å². The molecule has 1 fully saturated rings. The summed E-state index contributed by atoms with van der Waals surface area (Å²) in [5, 5.41) is 9.63. The SMILES string of the molecule is CN=C(NCC(C)Oc1cccc(F)c1)NC1CCC(NC(=O)OC(C)(C)C)CC1.I. The Kier molecular flexibility index (Phi) is 11.4. The van der Waals surface area contributed by atoms with E-state index in [0.29, 0.717) is 18.3 Å². The standard InChI is InChI=1S/C22H35FN4O3.HI/c1-15(29-19-8-6-7-16(23)13-19)14-25-20(24-5)26-17-9-11-18(12-10-17)27-21(28)30-22(2,3)4;/h6-8,13,15,17-18H,9-12,14H2,1-5H3,(H,27,28)(H2,24,25,26);1H. The molecule has 1 aromatic carbocycles. The number of aliphatic imine (C=N–C) groups is 1. The van der Waals surface area contributed by atoms with Crippen molar-refractivity contribution in [1.29, 1.82) is 0 Å². The van der Waals surface area contributed by atoms with Gasteiger partial charge in [0.25, 0.3) is 0 Å². The third-order valence-corrected chi connectivity index (χ3v) is 4.70. The van der Waals surface area contributed by atoms with Gasteiger partial charge in [0.05, 0.1) is 6.54 Å². The van der Waals surface area contributed by atoms with E-state index < -0.39 is 5.60 Å². The molecule has 9 heteroatoms. The van der Waals surface area contributed by atoms with Crippen molar-refractivity contribution in [2.45, 2.75) is 77.2 Å². The zero-order valence-electron chi connectivity index (χ0n) is 19.0. The molecule has 31 heavy (non-hydrogen) atoms. The van der Waals surface area contributed by atoms with Crippen LogP contribution in [0.15, 0.2) is 29.3 Å². The van der Waals surface area contributed by atoms with E-state index in [4.69, 9.17) is 9.47 Å². The number of carbonyl (C=O) groups excluding carboxylic acids is 1. The first-order valence-electron chi connectivity index (χ1n) is 10.5. The largest absolute Gasteiger partial charge is 0.489 e. The van der Waals surface area contributed by atoms with Gasteiger partial charge in [0.2, 0.25) is 0 Å². The Bertz CT molecular complexity index is 719. The Morgan fingerprint density at radius 3 is 2.35 bits per heavy atom. The summed E-state index contributed by atoms with van der Waals surface area (Å²) in [6.45, 7) is 8.02. The number of guanidine groups is 1. The van der Waals surface area contributed by atoms with Crippen LogP contribution in [0.5, 0.6) is 5.75 Å². The first-order valence-corrected chi connectivity index (χ1v) is 10.5. The second-order valence-electron chi connectivity index (χ2n) is 8.68. The molecule has 176 valence electrons. The van der Waals surface area contributed by atoms with Crippen LogP contribution in [0.2, 0.25) is 0 Å². The van der Waals surface area contributed by atoms with Gasteiger partial charge in [-0.15, -0.1) is 24.0 Å². The highest BCUT2D eigenvalue weighted by Gasteiger charge is 2.25. The van der Waals surface area contributed by atoms with Crippen LogP contribution in [-0.4, -0.2) is 49.4 Å². The van der Waals surface area contributed by atoms with E-state index in [0.717, 1.165) is 25.7 Å². The van der Waals surface area contributed by atoms with Crippen molar-refractivity contribution in [1.82, 2.24) is 16.0 Å². The van der Waals surface area contributed by atoms with Crippen molar-refractivity contribution >= 4 is 36.0 Å². The summed E-state index contributed by atoms with van der Waals surface area (Å²) < 4.78 is 24.3. The summed E-state index contributed by atoms with van der Waals surface area (Å²) in [4.78, 5) is 16.2. The number of nitrogens with one attached hydrogen (secondary N) is 3. The first-order chi connectivity index (χ1) is 14.1. The molecule has 1 unspecified atom stereocenters. The lowest BCUT2D eigenvalue weighted by molar-refractivity contribution is 0.0490. The van der Waals surface area contributed by atoms with Gasteiger partial charge in [0, 0.05) is 25.2 Å². The number of rotatable bonds is 6. The second-order valence-corrected chi connectivity index (χ2v) is 8.68. The number of halogens is 2. The summed E-state index contributed by atoms with van der Waals surface area (Å²) in [5.41, 5.74) is -0.490. The van der Waals surface area contributed by atoms with E-state index in [9.17, 15) is 9.18 Å². The maximum atomic E-state index is 13.3. The summed E-state index contributed by atoms with van der Waals surface area (Å²) in [7, 11) is 1.73. The molecule has 0 aliphatic heterocycles. The summed E-state index contributed by atoms with van der Waals surface area (Å²) in [6, 6.07) is 6.53. The molecule has 1 amide bonds. The molecule has 2 rings (SSSR count). The van der Waals surface area contributed by atoms with Crippen molar-refractivity contribution in [3.05, 3.63) is 30.1 Å². The zero-order valence-corrected chi connectivity index (χ0v) is 21.4. The molecule has 1 aliphatic carbocycles. The third kappa shape index (κ3) is 10.9. The topological polar surface area (TPSA) is 84.0 Å². The summed E-state index contributed by atoms with van der Waals surface area (Å²) in [5.74, 6) is 0.887. The number of nitrogens with zero attached hydrogens (tertiary/aromatic N) is 1. The van der Waals surface area contributed by atoms with Crippen molar-refractivity contribution in [3.63, 3.8) is 0 Å². The van der Waals surface area contributed by atoms with Gasteiger partial charge in [-0.3, -0.25) is 4.99 Å². The Morgan fingerprint density at radius 1 is 1.19 bits per heavy atom. The minimum absolute atomic E-state index is 0. The average molecular weight is 550 g/mol. The van der Waals surface area contributed by atoms with Gasteiger partial charge in [0.1, 0.15) is 23.3 Å². The Hall–Kier alpha value is -1.78. The van der Waals surface area contributed by atoms with Crippen molar-refractivity contribution in [3.8, 4) is 5.75 Å². The summed E-state index contributed by atoms with van der Waals surface area (Å²) >= 11 is 0. The zero-order chi connectivity index (χ0) is 22.1. The molecule has 0 aromatic heterocycles. The molecule has 1 saturated carbocycles. The van der Waals surface area contributed by atoms with E-state index in [1.54, 1.807) is 19.2 Å². The van der Waals surface area contributed by atoms with Crippen molar-refractivity contribution in [2.75, 3.05) is 13.6 Å². The molecule has 1 aliphatic rings. The van der Waals surface area contributed by atoms with E-state index >= 15 is 0 Å². The lowest BCUT2D eigenvalue weighted by Crippen LogP contribution is -2.49. The van der Waals surface area contributed by atoms with Crippen molar-refractivity contribution < 1.29 is 18.7 Å². The van der Waals surface area contributed by atoms with Gasteiger partial charge in [-0.1, -0.05) is 6.07 Å². The highest BCUT2D eigenvalue weighted by Crippen LogP contribution is 2.19. The fourth-order valence-electron chi connectivity index (χ4n) is 3.30. The maximum Gasteiger partial charge on any atom is 0.407 e. The minimum Gasteiger partial charge on any atom is -0.489 e. The number of carbonyl (C=O) groups is 1. The van der Waals surface area contributed by atoms with E-state index in [1.807, 2.05) is 27.7 Å². The first kappa shape index (κ1) is 27.3. The number of hydrogen-bond donors (Lipinski definition) is 3. The molecule has 7 nitrogen and oxygen atoms in total. The maximum absolute atomic E-state index is 13.3. The quantitative estimate of drug-likeness (QED) is 0.281. The van der Waals surface area contributed by atoms with Gasteiger partial charge >= 0.3 is 6.09 Å². The molecule has 1 aromatic rings. The van der Waals surface area contributed by atoms with Gasteiger partial charge in [0.15, 0.2) is 5.96 Å². The van der Waals surface area contributed by atoms with Crippen LogP contribution in [0.4, 0.5) is 9.18 Å². The molecular weight excluding hydrogens is 514 g/mol. The number of ether oxygens (including phenoxy) is 2. The smallest absolute Gasteiger partial charge is 0.407 e. The van der Waals surface area contributed by atoms with Crippen LogP contribution in [0.3, 0.4) is 0 Å². The van der Waals surface area contributed by atoms with Gasteiger partial charge in [-0.25, -0.2) is 9.18 Å². The normalized spacial score (nSPS) is 20.1. The summed E-state index contributed by atoms with van der Waals surface area (Å²) in [6.07, 6.45) is 3.11. The highest BCUT2D eigenvalue weighted by molar-refractivity contribution is 14.0. The second kappa shape index (κ2) is 12.9. The number of benzene rings is 1. The van der Waals surface area contributed by atoms with Gasteiger partial charge in [-0.2, -0.15) is 0 Å². The lowest BCUT2D eigenvalue weighted by atomic mass is 9.91. The minimum atomic E-state index is -0.490. The van der Waals surface area contributed by atoms with Gasteiger partial charge < -0.3 is 25.4 Å². The highest BCUT2D eigenvalue weighted by atomic mass is 127. The Labute approximate surface area is 202 Å². The number of amides is 1. The van der Waals surface area contributed by atoms with Crippen LogP contribution in [0.1, 0.15) is 53.4 Å². The van der Waals surface area contributed by atoms with Crippen molar-refractivity contribution in [2.24, 2.45) is 4.99 Å². The van der Waals surface area contributed by atoms with E-state index in [-0.39, 0.29) is 54.1 Å². The van der Waals surface area contributed by atoms with Crippen LogP contribution in [-0.2, 0) is 4.74 Å². The molecule has 3 N–H and O–H groups in total. The molecular formula is C22H36FIN4O3.